The molecule has 0 spiro atoms. The minimum Gasteiger partial charge on any atom is -0.299 e. The summed E-state index contributed by atoms with van der Waals surface area (Å²) in [6.45, 7) is 5.28. The van der Waals surface area contributed by atoms with Gasteiger partial charge in [-0.05, 0) is 62.7 Å². The fourth-order valence-electron chi connectivity index (χ4n) is 4.79. The topological polar surface area (TPSA) is 6.48 Å². The molecular weight excluding hydrogens is 256 g/mol. The first-order chi connectivity index (χ1) is 10.4. The molecule has 0 amide bonds. The number of rotatable bonds is 1. The predicted octanol–water partition coefficient (Wildman–Crippen LogP) is 3.62. The van der Waals surface area contributed by atoms with Crippen LogP contribution in [-0.4, -0.2) is 42.0 Å². The van der Waals surface area contributed by atoms with Crippen molar-refractivity contribution in [3.8, 4) is 0 Å². The average molecular weight is 284 g/mol. The smallest absolute Gasteiger partial charge is 0.0351 e. The summed E-state index contributed by atoms with van der Waals surface area (Å²) in [5.74, 6) is 0. The van der Waals surface area contributed by atoms with Crippen LogP contribution in [0, 0.1) is 0 Å². The van der Waals surface area contributed by atoms with E-state index in [4.69, 9.17) is 0 Å². The van der Waals surface area contributed by atoms with Crippen molar-refractivity contribution < 1.29 is 0 Å². The molecule has 0 N–H and O–H groups in total. The maximum absolute atomic E-state index is 2.83. The number of nitrogens with zero attached hydrogens (tertiary/aromatic N) is 2. The second-order valence-electron chi connectivity index (χ2n) is 7.14. The first kappa shape index (κ1) is 13.8. The molecule has 2 aliphatic heterocycles. The average Bonchev–Trinajstić information content (AvgIpc) is 2.76. The molecule has 2 fully saturated rings. The van der Waals surface area contributed by atoms with E-state index in [0.717, 1.165) is 6.04 Å². The molecule has 2 heterocycles. The summed E-state index contributed by atoms with van der Waals surface area (Å²) < 4.78 is 0. The third-order valence-electron chi connectivity index (χ3n) is 5.86. The van der Waals surface area contributed by atoms with Gasteiger partial charge in [-0.3, -0.25) is 9.80 Å². The van der Waals surface area contributed by atoms with Crippen LogP contribution in [0.4, 0.5) is 0 Å². The Morgan fingerprint density at radius 2 is 1.67 bits per heavy atom. The van der Waals surface area contributed by atoms with E-state index in [1.54, 1.807) is 11.1 Å². The third-order valence-corrected chi connectivity index (χ3v) is 5.86. The highest BCUT2D eigenvalue weighted by Crippen LogP contribution is 2.36. The molecular formula is C19H28N2. The minimum absolute atomic E-state index is 0.692. The Bertz CT molecular complexity index is 484. The van der Waals surface area contributed by atoms with Crippen molar-refractivity contribution in [3.63, 3.8) is 0 Å². The predicted molar refractivity (Wildman–Crippen MR) is 87.5 cm³/mol. The Hall–Kier alpha value is -0.860. The van der Waals surface area contributed by atoms with E-state index in [1.165, 1.54) is 71.1 Å². The molecule has 0 saturated carbocycles. The summed E-state index contributed by atoms with van der Waals surface area (Å²) in [4.78, 5) is 5.60. The zero-order chi connectivity index (χ0) is 14.1. The lowest BCUT2D eigenvalue weighted by atomic mass is 9.86. The van der Waals surface area contributed by atoms with Gasteiger partial charge in [-0.25, -0.2) is 0 Å². The second kappa shape index (κ2) is 6.10. The van der Waals surface area contributed by atoms with Crippen LogP contribution in [0.5, 0.6) is 0 Å². The van der Waals surface area contributed by atoms with Gasteiger partial charge in [-0.1, -0.05) is 30.7 Å². The zero-order valence-electron chi connectivity index (χ0n) is 13.1. The number of piperidine rings is 1. The summed E-state index contributed by atoms with van der Waals surface area (Å²) in [7, 11) is 0. The molecule has 3 aliphatic rings. The highest BCUT2D eigenvalue weighted by molar-refractivity contribution is 5.32. The Morgan fingerprint density at radius 3 is 2.67 bits per heavy atom. The summed E-state index contributed by atoms with van der Waals surface area (Å²) in [5.41, 5.74) is 3.24. The van der Waals surface area contributed by atoms with Gasteiger partial charge in [-0.2, -0.15) is 0 Å². The van der Waals surface area contributed by atoms with Gasteiger partial charge >= 0.3 is 0 Å². The number of hydrogen-bond acceptors (Lipinski definition) is 2. The van der Waals surface area contributed by atoms with Gasteiger partial charge in [-0.15, -0.1) is 0 Å². The number of benzene rings is 1. The molecule has 2 atom stereocenters. The monoisotopic (exact) mass is 284 g/mol. The van der Waals surface area contributed by atoms with Crippen LogP contribution in [0.1, 0.15) is 55.7 Å². The van der Waals surface area contributed by atoms with Crippen LogP contribution in [0.2, 0.25) is 0 Å². The maximum Gasteiger partial charge on any atom is 0.0351 e. The molecule has 0 radical (unpaired) electrons. The van der Waals surface area contributed by atoms with Crippen molar-refractivity contribution >= 4 is 0 Å². The summed E-state index contributed by atoms with van der Waals surface area (Å²) in [5, 5.41) is 0. The summed E-state index contributed by atoms with van der Waals surface area (Å²) >= 11 is 0. The van der Waals surface area contributed by atoms with E-state index in [1.807, 2.05) is 0 Å². The molecule has 114 valence electrons. The Labute approximate surface area is 129 Å². The van der Waals surface area contributed by atoms with Crippen LogP contribution >= 0.6 is 0 Å². The third kappa shape index (κ3) is 2.76. The molecule has 2 heteroatoms. The van der Waals surface area contributed by atoms with Crippen molar-refractivity contribution in [2.45, 2.75) is 57.0 Å². The number of hydrogen-bond donors (Lipinski definition) is 0. The Balaban J connectivity index is 1.56. The highest BCUT2D eigenvalue weighted by Gasteiger charge is 2.32. The van der Waals surface area contributed by atoms with Gasteiger partial charge in [0.15, 0.2) is 0 Å². The first-order valence-corrected chi connectivity index (χ1v) is 8.98. The first-order valence-electron chi connectivity index (χ1n) is 8.98. The maximum atomic E-state index is 2.83. The second-order valence-corrected chi connectivity index (χ2v) is 7.14. The van der Waals surface area contributed by atoms with Crippen molar-refractivity contribution in [2.75, 3.05) is 26.2 Å². The van der Waals surface area contributed by atoms with Gasteiger partial charge in [0.1, 0.15) is 0 Å². The molecule has 2 nitrogen and oxygen atoms in total. The standard InChI is InChI=1S/C19H28N2/c1-2-10-18-16(7-1)8-5-11-19(18)21-14-6-13-20-12-4-3-9-17(20)15-21/h1-2,7,10,17,19H,3-6,8-9,11-15H2. The van der Waals surface area contributed by atoms with Crippen molar-refractivity contribution in [3.05, 3.63) is 35.4 Å². The van der Waals surface area contributed by atoms with Crippen molar-refractivity contribution in [1.82, 2.24) is 9.80 Å². The van der Waals surface area contributed by atoms with E-state index in [-0.39, 0.29) is 0 Å². The SMILES string of the molecule is c1ccc2c(c1)CCCC2N1CCCN2CCCCC2C1. The molecule has 0 bridgehead atoms. The number of aryl methyl sites for hydroxylation is 1. The molecule has 1 aliphatic carbocycles. The quantitative estimate of drug-likeness (QED) is 0.777. The van der Waals surface area contributed by atoms with E-state index >= 15 is 0 Å². The van der Waals surface area contributed by atoms with E-state index in [2.05, 4.69) is 34.1 Å². The van der Waals surface area contributed by atoms with Crippen LogP contribution in [0.25, 0.3) is 0 Å². The Kier molecular flexibility index (Phi) is 4.00. The van der Waals surface area contributed by atoms with Crippen molar-refractivity contribution in [1.29, 1.82) is 0 Å². The molecule has 1 aromatic rings. The minimum atomic E-state index is 0.692. The van der Waals surface area contributed by atoms with Gasteiger partial charge in [0.2, 0.25) is 0 Å². The van der Waals surface area contributed by atoms with Crippen LogP contribution in [0.15, 0.2) is 24.3 Å². The fourth-order valence-corrected chi connectivity index (χ4v) is 4.79. The molecule has 4 rings (SSSR count). The lowest BCUT2D eigenvalue weighted by Gasteiger charge is -2.39. The number of fused-ring (bicyclic) bond motifs is 2. The fraction of sp³-hybridized carbons (Fsp3) is 0.684. The lowest BCUT2D eigenvalue weighted by molar-refractivity contribution is 0.114. The van der Waals surface area contributed by atoms with E-state index in [9.17, 15) is 0 Å². The van der Waals surface area contributed by atoms with E-state index < -0.39 is 0 Å². The van der Waals surface area contributed by atoms with Crippen molar-refractivity contribution in [2.24, 2.45) is 0 Å². The van der Waals surface area contributed by atoms with Crippen LogP contribution in [0.3, 0.4) is 0 Å². The van der Waals surface area contributed by atoms with Gasteiger partial charge < -0.3 is 0 Å². The largest absolute Gasteiger partial charge is 0.299 e. The molecule has 1 aromatic carbocycles. The van der Waals surface area contributed by atoms with Gasteiger partial charge in [0.25, 0.3) is 0 Å². The molecule has 2 unspecified atom stereocenters. The van der Waals surface area contributed by atoms with Gasteiger partial charge in [0, 0.05) is 25.2 Å². The lowest BCUT2D eigenvalue weighted by Crippen LogP contribution is -2.45. The molecule has 21 heavy (non-hydrogen) atoms. The van der Waals surface area contributed by atoms with Crippen LogP contribution < -0.4 is 0 Å². The molecule has 2 saturated heterocycles. The zero-order valence-corrected chi connectivity index (χ0v) is 13.1. The normalized spacial score (nSPS) is 31.2. The van der Waals surface area contributed by atoms with Crippen LogP contribution in [-0.2, 0) is 6.42 Å². The summed E-state index contributed by atoms with van der Waals surface area (Å²) in [6.07, 6.45) is 9.66. The van der Waals surface area contributed by atoms with E-state index in [0.29, 0.717) is 6.04 Å². The summed E-state index contributed by atoms with van der Waals surface area (Å²) in [6, 6.07) is 10.7. The highest BCUT2D eigenvalue weighted by atomic mass is 15.3. The van der Waals surface area contributed by atoms with Gasteiger partial charge in [0.05, 0.1) is 0 Å². The Morgan fingerprint density at radius 1 is 0.810 bits per heavy atom. The molecule has 0 aromatic heterocycles.